The van der Waals surface area contributed by atoms with Crippen molar-refractivity contribution in [1.82, 2.24) is 15.0 Å². The predicted molar refractivity (Wildman–Crippen MR) is 88.8 cm³/mol. The summed E-state index contributed by atoms with van der Waals surface area (Å²) < 4.78 is 10.4. The molecule has 0 unspecified atom stereocenters. The van der Waals surface area contributed by atoms with Crippen LogP contribution >= 0.6 is 11.6 Å². The first-order valence-electron chi connectivity index (χ1n) is 7.16. The Morgan fingerprint density at radius 3 is 2.88 bits per heavy atom. The summed E-state index contributed by atoms with van der Waals surface area (Å²) >= 11 is 6.03. The first kappa shape index (κ1) is 16.1. The van der Waals surface area contributed by atoms with Crippen molar-refractivity contribution in [2.24, 2.45) is 0 Å². The van der Waals surface area contributed by atoms with Crippen LogP contribution in [0.25, 0.3) is 11.6 Å². The van der Waals surface area contributed by atoms with Gasteiger partial charge in [0.05, 0.1) is 18.4 Å². The lowest BCUT2D eigenvalue weighted by atomic mass is 10.1. The normalized spacial score (nSPS) is 10.6. The number of nitrogens with zero attached hydrogens (tertiary/aromatic N) is 3. The van der Waals surface area contributed by atoms with E-state index in [0.717, 1.165) is 0 Å². The van der Waals surface area contributed by atoms with Crippen molar-refractivity contribution in [1.29, 1.82) is 0 Å². The van der Waals surface area contributed by atoms with Crippen molar-refractivity contribution in [2.45, 2.75) is 6.54 Å². The SMILES string of the molecule is CN(C)C(=O)c1ccc(Cl)cc1NCc1nc(-c2ccco2)no1. The van der Waals surface area contributed by atoms with E-state index in [2.05, 4.69) is 15.5 Å². The topological polar surface area (TPSA) is 84.4 Å². The molecule has 0 aliphatic carbocycles. The van der Waals surface area contributed by atoms with E-state index in [1.54, 1.807) is 44.4 Å². The highest BCUT2D eigenvalue weighted by Crippen LogP contribution is 2.23. The summed E-state index contributed by atoms with van der Waals surface area (Å²) in [6.07, 6.45) is 1.54. The molecule has 0 bridgehead atoms. The monoisotopic (exact) mass is 346 g/mol. The fraction of sp³-hybridized carbons (Fsp3) is 0.188. The van der Waals surface area contributed by atoms with E-state index in [1.807, 2.05) is 0 Å². The number of furan rings is 1. The summed E-state index contributed by atoms with van der Waals surface area (Å²) in [5.74, 6) is 1.13. The minimum atomic E-state index is -0.129. The molecular formula is C16H15ClN4O3. The molecule has 3 rings (SSSR count). The van der Waals surface area contributed by atoms with Crippen LogP contribution in [0, 0.1) is 0 Å². The Balaban J connectivity index is 1.77. The summed E-state index contributed by atoms with van der Waals surface area (Å²) in [5.41, 5.74) is 1.11. The maximum absolute atomic E-state index is 12.2. The van der Waals surface area contributed by atoms with Gasteiger partial charge >= 0.3 is 0 Å². The number of halogens is 1. The van der Waals surface area contributed by atoms with Crippen LogP contribution < -0.4 is 5.32 Å². The van der Waals surface area contributed by atoms with Crippen molar-refractivity contribution in [3.63, 3.8) is 0 Å². The minimum Gasteiger partial charge on any atom is -0.461 e. The Labute approximate surface area is 143 Å². The lowest BCUT2D eigenvalue weighted by Crippen LogP contribution is -2.23. The molecular weight excluding hydrogens is 332 g/mol. The van der Waals surface area contributed by atoms with Gasteiger partial charge in [0.25, 0.3) is 5.91 Å². The summed E-state index contributed by atoms with van der Waals surface area (Å²) in [6.45, 7) is 0.252. The molecule has 0 atom stereocenters. The number of anilines is 1. The molecule has 124 valence electrons. The van der Waals surface area contributed by atoms with Gasteiger partial charge in [-0.2, -0.15) is 4.98 Å². The van der Waals surface area contributed by atoms with Crippen LogP contribution in [-0.4, -0.2) is 35.0 Å². The third-order valence-electron chi connectivity index (χ3n) is 3.26. The minimum absolute atomic E-state index is 0.129. The Hall–Kier alpha value is -2.80. The molecule has 0 saturated carbocycles. The fourth-order valence-corrected chi connectivity index (χ4v) is 2.27. The van der Waals surface area contributed by atoms with Crippen LogP contribution in [0.5, 0.6) is 0 Å². The average molecular weight is 347 g/mol. The fourth-order valence-electron chi connectivity index (χ4n) is 2.09. The summed E-state index contributed by atoms with van der Waals surface area (Å²) in [4.78, 5) is 18.0. The maximum Gasteiger partial charge on any atom is 0.255 e. The second-order valence-corrected chi connectivity index (χ2v) is 5.67. The van der Waals surface area contributed by atoms with Gasteiger partial charge in [0.1, 0.15) is 0 Å². The van der Waals surface area contributed by atoms with E-state index < -0.39 is 0 Å². The van der Waals surface area contributed by atoms with E-state index in [1.165, 1.54) is 11.2 Å². The summed E-state index contributed by atoms with van der Waals surface area (Å²) in [6, 6.07) is 8.52. The summed E-state index contributed by atoms with van der Waals surface area (Å²) in [7, 11) is 3.38. The quantitative estimate of drug-likeness (QED) is 0.763. The number of carbonyl (C=O) groups is 1. The molecule has 8 heteroatoms. The van der Waals surface area contributed by atoms with Crippen LogP contribution in [0.2, 0.25) is 5.02 Å². The van der Waals surface area contributed by atoms with E-state index in [4.69, 9.17) is 20.5 Å². The van der Waals surface area contributed by atoms with Crippen molar-refractivity contribution < 1.29 is 13.7 Å². The molecule has 3 aromatic rings. The zero-order valence-electron chi connectivity index (χ0n) is 13.1. The molecule has 2 heterocycles. The first-order valence-corrected chi connectivity index (χ1v) is 7.54. The highest BCUT2D eigenvalue weighted by molar-refractivity contribution is 6.31. The van der Waals surface area contributed by atoms with Gasteiger partial charge in [0.2, 0.25) is 11.7 Å². The number of carbonyl (C=O) groups excluding carboxylic acids is 1. The van der Waals surface area contributed by atoms with E-state index in [0.29, 0.717) is 33.7 Å². The molecule has 1 aromatic carbocycles. The van der Waals surface area contributed by atoms with Crippen molar-refractivity contribution in [3.05, 3.63) is 53.1 Å². The van der Waals surface area contributed by atoms with Crippen LogP contribution in [0.4, 0.5) is 5.69 Å². The smallest absolute Gasteiger partial charge is 0.255 e. The Bertz CT molecular complexity index is 843. The average Bonchev–Trinajstić information content (AvgIpc) is 3.23. The van der Waals surface area contributed by atoms with Crippen LogP contribution in [0.15, 0.2) is 45.5 Å². The van der Waals surface area contributed by atoms with E-state index >= 15 is 0 Å². The molecule has 1 amide bonds. The van der Waals surface area contributed by atoms with Crippen molar-refractivity contribution in [3.8, 4) is 11.6 Å². The van der Waals surface area contributed by atoms with Gasteiger partial charge in [-0.25, -0.2) is 0 Å². The lowest BCUT2D eigenvalue weighted by molar-refractivity contribution is 0.0828. The van der Waals surface area contributed by atoms with Crippen molar-refractivity contribution in [2.75, 3.05) is 19.4 Å². The molecule has 24 heavy (non-hydrogen) atoms. The van der Waals surface area contributed by atoms with Gasteiger partial charge < -0.3 is 19.2 Å². The largest absolute Gasteiger partial charge is 0.461 e. The zero-order chi connectivity index (χ0) is 17.1. The molecule has 2 aromatic heterocycles. The van der Waals surface area contributed by atoms with Gasteiger partial charge in [0, 0.05) is 24.8 Å². The van der Waals surface area contributed by atoms with Crippen LogP contribution in [-0.2, 0) is 6.54 Å². The predicted octanol–water partition coefficient (Wildman–Crippen LogP) is 3.30. The number of aromatic nitrogens is 2. The molecule has 0 saturated heterocycles. The number of hydrogen-bond acceptors (Lipinski definition) is 6. The van der Waals surface area contributed by atoms with E-state index in [9.17, 15) is 4.79 Å². The Kier molecular flexibility index (Phi) is 4.52. The lowest BCUT2D eigenvalue weighted by Gasteiger charge is -2.15. The molecule has 7 nitrogen and oxygen atoms in total. The molecule has 0 radical (unpaired) electrons. The molecule has 1 N–H and O–H groups in total. The van der Waals surface area contributed by atoms with Crippen LogP contribution in [0.3, 0.4) is 0 Å². The molecule has 0 fully saturated rings. The summed E-state index contributed by atoms with van der Waals surface area (Å²) in [5, 5.41) is 7.48. The van der Waals surface area contributed by atoms with Gasteiger partial charge in [-0.15, -0.1) is 0 Å². The number of nitrogens with one attached hydrogen (secondary N) is 1. The number of benzene rings is 1. The van der Waals surface area contributed by atoms with Gasteiger partial charge in [-0.3, -0.25) is 4.79 Å². The number of hydrogen-bond donors (Lipinski definition) is 1. The number of rotatable bonds is 5. The third-order valence-corrected chi connectivity index (χ3v) is 3.49. The van der Waals surface area contributed by atoms with Gasteiger partial charge in [-0.1, -0.05) is 16.8 Å². The van der Waals surface area contributed by atoms with E-state index in [-0.39, 0.29) is 12.5 Å². The van der Waals surface area contributed by atoms with Gasteiger partial charge in [0.15, 0.2) is 5.76 Å². The molecule has 0 aliphatic heterocycles. The second kappa shape index (κ2) is 6.76. The molecule has 0 spiro atoms. The maximum atomic E-state index is 12.2. The third kappa shape index (κ3) is 3.41. The first-order chi connectivity index (χ1) is 11.5. The standard InChI is InChI=1S/C16H15ClN4O3/c1-21(2)16(22)11-6-5-10(17)8-12(11)18-9-14-19-15(20-24-14)13-4-3-7-23-13/h3-8,18H,9H2,1-2H3. The highest BCUT2D eigenvalue weighted by Gasteiger charge is 2.15. The Morgan fingerprint density at radius 1 is 1.33 bits per heavy atom. The second-order valence-electron chi connectivity index (χ2n) is 5.23. The van der Waals surface area contributed by atoms with Crippen LogP contribution in [0.1, 0.15) is 16.2 Å². The molecule has 0 aliphatic rings. The Morgan fingerprint density at radius 2 is 2.17 bits per heavy atom. The zero-order valence-corrected chi connectivity index (χ0v) is 13.9. The van der Waals surface area contributed by atoms with Gasteiger partial charge in [-0.05, 0) is 30.3 Å². The van der Waals surface area contributed by atoms with Crippen molar-refractivity contribution >= 4 is 23.2 Å². The highest BCUT2D eigenvalue weighted by atomic mass is 35.5. The number of amides is 1.